The van der Waals surface area contributed by atoms with Crippen LogP contribution in [0, 0.1) is 0 Å². The lowest BCUT2D eigenvalue weighted by molar-refractivity contribution is -0.137. The molecule has 0 atom stereocenters. The highest BCUT2D eigenvalue weighted by Crippen LogP contribution is 2.32. The summed E-state index contributed by atoms with van der Waals surface area (Å²) in [6.45, 7) is 0. The van der Waals surface area contributed by atoms with E-state index in [4.69, 9.17) is 11.6 Å². The highest BCUT2D eigenvalue weighted by Gasteiger charge is 2.31. The van der Waals surface area contributed by atoms with Gasteiger partial charge < -0.3 is 4.90 Å². The van der Waals surface area contributed by atoms with Crippen LogP contribution in [0.2, 0.25) is 5.02 Å². The van der Waals surface area contributed by atoms with Crippen LogP contribution in [0.4, 0.5) is 24.8 Å². The van der Waals surface area contributed by atoms with E-state index < -0.39 is 11.7 Å². The Morgan fingerprint density at radius 2 is 1.83 bits per heavy atom. The Morgan fingerprint density at radius 1 is 1.04 bits per heavy atom. The summed E-state index contributed by atoms with van der Waals surface area (Å²) in [5.41, 5.74) is -0.168. The Labute approximate surface area is 135 Å². The molecule has 0 bridgehead atoms. The van der Waals surface area contributed by atoms with Gasteiger partial charge in [-0.2, -0.15) is 13.2 Å². The topological polar surface area (TPSA) is 29.0 Å². The number of nitrogens with zero attached hydrogens (tertiary/aromatic N) is 3. The molecule has 3 nitrogen and oxygen atoms in total. The summed E-state index contributed by atoms with van der Waals surface area (Å²) in [5, 5.41) is 1.33. The molecule has 3 aromatic rings. The van der Waals surface area contributed by atoms with Crippen molar-refractivity contribution in [3.63, 3.8) is 0 Å². The molecule has 2 heterocycles. The molecule has 0 N–H and O–H groups in total. The van der Waals surface area contributed by atoms with E-state index in [-0.39, 0.29) is 5.82 Å². The van der Waals surface area contributed by atoms with Crippen molar-refractivity contribution < 1.29 is 13.2 Å². The van der Waals surface area contributed by atoms with E-state index in [0.29, 0.717) is 16.4 Å². The van der Waals surface area contributed by atoms with Gasteiger partial charge in [0.15, 0.2) is 0 Å². The van der Waals surface area contributed by atoms with Crippen molar-refractivity contribution >= 4 is 34.1 Å². The van der Waals surface area contributed by atoms with Gasteiger partial charge >= 0.3 is 6.18 Å². The Bertz CT molecular complexity index is 865. The Morgan fingerprint density at radius 3 is 2.57 bits per heavy atom. The molecule has 0 amide bonds. The highest BCUT2D eigenvalue weighted by atomic mass is 35.5. The third-order valence-corrected chi connectivity index (χ3v) is 3.72. The normalized spacial score (nSPS) is 11.7. The minimum atomic E-state index is -4.42. The lowest BCUT2D eigenvalue weighted by Gasteiger charge is -2.19. The third-order valence-electron chi connectivity index (χ3n) is 3.42. The predicted octanol–water partition coefficient (Wildman–Crippen LogP) is 5.07. The van der Waals surface area contributed by atoms with Crippen molar-refractivity contribution in [3.8, 4) is 0 Å². The van der Waals surface area contributed by atoms with Crippen molar-refractivity contribution in [1.29, 1.82) is 0 Å². The van der Waals surface area contributed by atoms with Crippen LogP contribution in [0.25, 0.3) is 10.9 Å². The third kappa shape index (κ3) is 3.07. The number of aromatic nitrogens is 2. The van der Waals surface area contributed by atoms with Gasteiger partial charge in [0, 0.05) is 18.6 Å². The zero-order chi connectivity index (χ0) is 16.6. The molecule has 0 saturated heterocycles. The molecular weight excluding hydrogens is 327 g/mol. The number of anilines is 2. The number of alkyl halides is 3. The Kier molecular flexibility index (Phi) is 3.85. The molecule has 23 heavy (non-hydrogen) atoms. The predicted molar refractivity (Wildman–Crippen MR) is 84.1 cm³/mol. The second kappa shape index (κ2) is 5.70. The first-order valence-corrected chi connectivity index (χ1v) is 7.06. The van der Waals surface area contributed by atoms with Gasteiger partial charge in [0.1, 0.15) is 11.6 Å². The SMILES string of the molecule is CN(c1cc(C(F)(F)F)ccn1)c1ccc2cccc(Cl)c2n1. The quantitative estimate of drug-likeness (QED) is 0.653. The number of fused-ring (bicyclic) bond motifs is 1. The minimum Gasteiger partial charge on any atom is -0.314 e. The van der Waals surface area contributed by atoms with Gasteiger partial charge in [-0.25, -0.2) is 9.97 Å². The average molecular weight is 338 g/mol. The number of rotatable bonds is 2. The van der Waals surface area contributed by atoms with Gasteiger partial charge in [-0.3, -0.25) is 0 Å². The number of hydrogen-bond donors (Lipinski definition) is 0. The van der Waals surface area contributed by atoms with E-state index in [9.17, 15) is 13.2 Å². The molecule has 3 rings (SSSR count). The van der Waals surface area contributed by atoms with E-state index in [2.05, 4.69) is 9.97 Å². The lowest BCUT2D eigenvalue weighted by atomic mass is 10.2. The molecule has 0 radical (unpaired) electrons. The number of hydrogen-bond acceptors (Lipinski definition) is 3. The van der Waals surface area contributed by atoms with Crippen LogP contribution in [-0.2, 0) is 6.18 Å². The molecule has 1 aromatic carbocycles. The highest BCUT2D eigenvalue weighted by molar-refractivity contribution is 6.35. The first kappa shape index (κ1) is 15.6. The molecule has 0 spiro atoms. The van der Waals surface area contributed by atoms with Gasteiger partial charge in [0.2, 0.25) is 0 Å². The summed E-state index contributed by atoms with van der Waals surface area (Å²) in [4.78, 5) is 9.88. The fraction of sp³-hybridized carbons (Fsp3) is 0.125. The second-order valence-corrected chi connectivity index (χ2v) is 5.35. The van der Waals surface area contributed by atoms with E-state index in [1.54, 1.807) is 19.2 Å². The fourth-order valence-electron chi connectivity index (χ4n) is 2.18. The van der Waals surface area contributed by atoms with Crippen LogP contribution < -0.4 is 4.90 Å². The van der Waals surface area contributed by atoms with E-state index in [1.807, 2.05) is 18.2 Å². The van der Waals surface area contributed by atoms with E-state index in [1.165, 1.54) is 4.90 Å². The first-order valence-electron chi connectivity index (χ1n) is 6.68. The van der Waals surface area contributed by atoms with Gasteiger partial charge in [0.05, 0.1) is 16.1 Å². The summed E-state index contributed by atoms with van der Waals surface area (Å²) in [6, 6.07) is 10.8. The zero-order valence-electron chi connectivity index (χ0n) is 12.0. The van der Waals surface area contributed by atoms with Crippen LogP contribution in [0.5, 0.6) is 0 Å². The van der Waals surface area contributed by atoms with Crippen LogP contribution in [-0.4, -0.2) is 17.0 Å². The molecule has 0 fully saturated rings. The average Bonchev–Trinajstić information content (AvgIpc) is 2.54. The molecule has 0 aliphatic carbocycles. The Balaban J connectivity index is 2.03. The molecule has 0 saturated carbocycles. The largest absolute Gasteiger partial charge is 0.416 e. The summed E-state index contributed by atoms with van der Waals surface area (Å²) < 4.78 is 38.4. The van der Waals surface area contributed by atoms with Crippen molar-refractivity contribution in [1.82, 2.24) is 9.97 Å². The van der Waals surface area contributed by atoms with Crippen molar-refractivity contribution in [2.45, 2.75) is 6.18 Å². The maximum Gasteiger partial charge on any atom is 0.416 e. The van der Waals surface area contributed by atoms with Crippen LogP contribution in [0.3, 0.4) is 0 Å². The maximum atomic E-state index is 12.8. The molecule has 118 valence electrons. The van der Waals surface area contributed by atoms with Crippen LogP contribution in [0.1, 0.15) is 5.56 Å². The number of para-hydroxylation sites is 1. The Hall–Kier alpha value is -2.34. The van der Waals surface area contributed by atoms with Crippen molar-refractivity contribution in [2.24, 2.45) is 0 Å². The molecule has 7 heteroatoms. The van der Waals surface area contributed by atoms with Crippen LogP contribution >= 0.6 is 11.6 Å². The summed E-state index contributed by atoms with van der Waals surface area (Å²) in [5.74, 6) is 0.608. The van der Waals surface area contributed by atoms with Gasteiger partial charge in [-0.1, -0.05) is 23.7 Å². The van der Waals surface area contributed by atoms with Crippen molar-refractivity contribution in [3.05, 3.63) is 59.2 Å². The molecule has 0 aliphatic heterocycles. The maximum absolute atomic E-state index is 12.8. The first-order chi connectivity index (χ1) is 10.9. The van der Waals surface area contributed by atoms with Crippen LogP contribution in [0.15, 0.2) is 48.7 Å². The summed E-state index contributed by atoms with van der Waals surface area (Å²) >= 11 is 6.12. The number of benzene rings is 1. The van der Waals surface area contributed by atoms with Gasteiger partial charge in [-0.15, -0.1) is 0 Å². The van der Waals surface area contributed by atoms with E-state index in [0.717, 1.165) is 23.7 Å². The van der Waals surface area contributed by atoms with E-state index >= 15 is 0 Å². The zero-order valence-corrected chi connectivity index (χ0v) is 12.7. The smallest absolute Gasteiger partial charge is 0.314 e. The number of pyridine rings is 2. The van der Waals surface area contributed by atoms with Gasteiger partial charge in [0.25, 0.3) is 0 Å². The molecule has 0 aliphatic rings. The lowest BCUT2D eigenvalue weighted by Crippen LogP contribution is -2.14. The monoisotopic (exact) mass is 337 g/mol. The summed E-state index contributed by atoms with van der Waals surface area (Å²) in [6.07, 6.45) is -3.29. The molecule has 2 aromatic heterocycles. The molecule has 0 unspecified atom stereocenters. The second-order valence-electron chi connectivity index (χ2n) is 4.94. The fourth-order valence-corrected chi connectivity index (χ4v) is 2.41. The number of halogens is 4. The standard InChI is InChI=1S/C16H11ClF3N3/c1-23(14-9-11(7-8-21-14)16(18,19)20)13-6-5-10-3-2-4-12(17)15(10)22-13/h2-9H,1H3. The van der Waals surface area contributed by atoms with Gasteiger partial charge in [-0.05, 0) is 30.3 Å². The molecular formula is C16H11ClF3N3. The summed E-state index contributed by atoms with van der Waals surface area (Å²) in [7, 11) is 1.60. The minimum absolute atomic E-state index is 0.152. The van der Waals surface area contributed by atoms with Crippen molar-refractivity contribution in [2.75, 3.05) is 11.9 Å².